The van der Waals surface area contributed by atoms with Gasteiger partial charge in [0, 0.05) is 39.6 Å². The van der Waals surface area contributed by atoms with Gasteiger partial charge in [-0.05, 0) is 30.2 Å². The van der Waals surface area contributed by atoms with Crippen molar-refractivity contribution in [3.63, 3.8) is 0 Å². The third-order valence-electron chi connectivity index (χ3n) is 4.63. The van der Waals surface area contributed by atoms with E-state index in [0.29, 0.717) is 11.8 Å². The number of hydrogen-bond acceptors (Lipinski definition) is 7. The number of rotatable bonds is 6. The first-order valence-electron chi connectivity index (χ1n) is 8.54. The fourth-order valence-electron chi connectivity index (χ4n) is 3.13. The Morgan fingerprint density at radius 1 is 0.920 bits per heavy atom. The van der Waals surface area contributed by atoms with Gasteiger partial charge in [0.2, 0.25) is 11.8 Å². The highest BCUT2D eigenvalue weighted by atomic mass is 16.5. The number of aryl methyl sites for hydroxylation is 2. The number of aromatic nitrogens is 2. The van der Waals surface area contributed by atoms with Gasteiger partial charge >= 0.3 is 0 Å². The summed E-state index contributed by atoms with van der Waals surface area (Å²) in [6.45, 7) is 9.60. The van der Waals surface area contributed by atoms with Gasteiger partial charge in [0.05, 0.1) is 20.8 Å². The average Bonchev–Trinajstić information content (AvgIpc) is 3.02. The van der Waals surface area contributed by atoms with Gasteiger partial charge in [0.1, 0.15) is 0 Å². The molecule has 0 unspecified atom stereocenters. The predicted octanol–water partition coefficient (Wildman–Crippen LogP) is 2.02. The van der Waals surface area contributed by atoms with E-state index in [1.54, 1.807) is 14.2 Å². The molecular formula is C18H26N4O3. The second kappa shape index (κ2) is 7.84. The molecule has 7 nitrogen and oxygen atoms in total. The monoisotopic (exact) mass is 346 g/mol. The molecule has 0 atom stereocenters. The van der Waals surface area contributed by atoms with Crippen molar-refractivity contribution in [2.24, 2.45) is 0 Å². The third kappa shape index (κ3) is 4.29. The number of piperazine rings is 1. The minimum absolute atomic E-state index is 0.623. The summed E-state index contributed by atoms with van der Waals surface area (Å²) in [5.74, 6) is 2.89. The molecule has 0 radical (unpaired) electrons. The highest BCUT2D eigenvalue weighted by Crippen LogP contribution is 2.31. The van der Waals surface area contributed by atoms with Crippen LogP contribution in [-0.2, 0) is 13.1 Å². The molecule has 136 valence electrons. The van der Waals surface area contributed by atoms with E-state index in [2.05, 4.69) is 33.0 Å². The molecule has 0 N–H and O–H groups in total. The number of hydrogen-bond donors (Lipinski definition) is 0. The van der Waals surface area contributed by atoms with Crippen molar-refractivity contribution in [3.8, 4) is 11.5 Å². The van der Waals surface area contributed by atoms with E-state index in [1.807, 2.05) is 13.0 Å². The van der Waals surface area contributed by atoms with E-state index in [0.717, 1.165) is 50.8 Å². The van der Waals surface area contributed by atoms with Crippen LogP contribution in [-0.4, -0.2) is 60.4 Å². The molecule has 3 rings (SSSR count). The first kappa shape index (κ1) is 17.7. The maximum Gasteiger partial charge on any atom is 0.230 e. The lowest BCUT2D eigenvalue weighted by molar-refractivity contribution is 0.114. The maximum atomic E-state index is 5.47. The Balaban J connectivity index is 1.57. The largest absolute Gasteiger partial charge is 0.493 e. The Labute approximate surface area is 148 Å². The van der Waals surface area contributed by atoms with Gasteiger partial charge < -0.3 is 13.9 Å². The van der Waals surface area contributed by atoms with Crippen LogP contribution in [0.5, 0.6) is 11.5 Å². The number of methoxy groups -OCH3 is 2. The second-order valence-corrected chi connectivity index (χ2v) is 6.40. The fraction of sp³-hybridized carbons (Fsp3) is 0.556. The van der Waals surface area contributed by atoms with Crippen LogP contribution in [0.15, 0.2) is 16.5 Å². The summed E-state index contributed by atoms with van der Waals surface area (Å²) in [6.07, 6.45) is 0. The third-order valence-corrected chi connectivity index (χ3v) is 4.63. The molecule has 1 fully saturated rings. The number of nitrogens with zero attached hydrogens (tertiary/aromatic N) is 4. The van der Waals surface area contributed by atoms with Crippen LogP contribution in [0.25, 0.3) is 0 Å². The molecule has 1 saturated heterocycles. The zero-order valence-corrected chi connectivity index (χ0v) is 15.4. The van der Waals surface area contributed by atoms with Gasteiger partial charge in [-0.1, -0.05) is 0 Å². The van der Waals surface area contributed by atoms with Gasteiger partial charge in [-0.15, -0.1) is 10.2 Å². The Morgan fingerprint density at radius 3 is 2.08 bits per heavy atom. The summed E-state index contributed by atoms with van der Waals surface area (Å²) in [5.41, 5.74) is 2.50. The Bertz CT molecular complexity index is 708. The zero-order valence-electron chi connectivity index (χ0n) is 15.4. The molecule has 1 aliphatic heterocycles. The highest BCUT2D eigenvalue weighted by molar-refractivity contribution is 5.47. The molecule has 1 aliphatic rings. The zero-order chi connectivity index (χ0) is 17.8. The van der Waals surface area contributed by atoms with Crippen molar-refractivity contribution in [2.75, 3.05) is 40.4 Å². The van der Waals surface area contributed by atoms with Gasteiger partial charge in [-0.3, -0.25) is 9.80 Å². The van der Waals surface area contributed by atoms with E-state index >= 15 is 0 Å². The van der Waals surface area contributed by atoms with Crippen LogP contribution < -0.4 is 9.47 Å². The summed E-state index contributed by atoms with van der Waals surface area (Å²) in [5, 5.41) is 7.96. The van der Waals surface area contributed by atoms with Gasteiger partial charge in [0.15, 0.2) is 11.5 Å². The molecule has 25 heavy (non-hydrogen) atoms. The summed E-state index contributed by atoms with van der Waals surface area (Å²) < 4.78 is 16.3. The van der Waals surface area contributed by atoms with E-state index in [1.165, 1.54) is 11.1 Å². The van der Waals surface area contributed by atoms with E-state index < -0.39 is 0 Å². The fourth-order valence-corrected chi connectivity index (χ4v) is 3.13. The first-order valence-corrected chi connectivity index (χ1v) is 8.54. The van der Waals surface area contributed by atoms with Crippen molar-refractivity contribution in [2.45, 2.75) is 26.9 Å². The molecule has 0 aliphatic carbocycles. The van der Waals surface area contributed by atoms with E-state index in [4.69, 9.17) is 13.9 Å². The molecule has 0 bridgehead atoms. The molecular weight excluding hydrogens is 320 g/mol. The SMILES string of the molecule is COc1cc(C)c(CN2CCN(Cc3nnc(C)o3)CC2)cc1OC. The Morgan fingerprint density at radius 2 is 1.52 bits per heavy atom. The number of ether oxygens (including phenoxy) is 2. The van der Waals surface area contributed by atoms with Crippen molar-refractivity contribution >= 4 is 0 Å². The summed E-state index contributed by atoms with van der Waals surface area (Å²) in [6, 6.07) is 4.13. The van der Waals surface area contributed by atoms with Crippen molar-refractivity contribution < 1.29 is 13.9 Å². The average molecular weight is 346 g/mol. The van der Waals surface area contributed by atoms with Gasteiger partial charge in [-0.25, -0.2) is 0 Å². The quantitative estimate of drug-likeness (QED) is 0.793. The highest BCUT2D eigenvalue weighted by Gasteiger charge is 2.20. The topological polar surface area (TPSA) is 63.9 Å². The molecule has 2 aromatic rings. The lowest BCUT2D eigenvalue weighted by Crippen LogP contribution is -2.45. The lowest BCUT2D eigenvalue weighted by atomic mass is 10.1. The summed E-state index contributed by atoms with van der Waals surface area (Å²) in [7, 11) is 3.34. The Hall–Kier alpha value is -2.12. The van der Waals surface area contributed by atoms with Crippen molar-refractivity contribution in [1.29, 1.82) is 0 Å². The van der Waals surface area contributed by atoms with Crippen LogP contribution in [0.2, 0.25) is 0 Å². The second-order valence-electron chi connectivity index (χ2n) is 6.40. The summed E-state index contributed by atoms with van der Waals surface area (Å²) >= 11 is 0. The smallest absolute Gasteiger partial charge is 0.230 e. The van der Waals surface area contributed by atoms with Crippen LogP contribution in [0.1, 0.15) is 22.9 Å². The molecule has 0 amide bonds. The standard InChI is InChI=1S/C18H26N4O3/c1-13-9-16(23-3)17(24-4)10-15(13)11-21-5-7-22(8-6-21)12-18-20-19-14(2)25-18/h9-10H,5-8,11-12H2,1-4H3. The molecule has 0 saturated carbocycles. The van der Waals surface area contributed by atoms with Crippen LogP contribution in [0.4, 0.5) is 0 Å². The van der Waals surface area contributed by atoms with Gasteiger partial charge in [0.25, 0.3) is 0 Å². The maximum absolute atomic E-state index is 5.47. The van der Waals surface area contributed by atoms with Crippen molar-refractivity contribution in [3.05, 3.63) is 35.0 Å². The first-order chi connectivity index (χ1) is 12.1. The molecule has 7 heteroatoms. The van der Waals surface area contributed by atoms with Crippen LogP contribution in [0, 0.1) is 13.8 Å². The molecule has 1 aromatic carbocycles. The van der Waals surface area contributed by atoms with Crippen molar-refractivity contribution in [1.82, 2.24) is 20.0 Å². The van der Waals surface area contributed by atoms with Gasteiger partial charge in [-0.2, -0.15) is 0 Å². The molecule has 0 spiro atoms. The lowest BCUT2D eigenvalue weighted by Gasteiger charge is -2.34. The van der Waals surface area contributed by atoms with E-state index in [-0.39, 0.29) is 0 Å². The summed E-state index contributed by atoms with van der Waals surface area (Å²) in [4.78, 5) is 4.81. The van der Waals surface area contributed by atoms with E-state index in [9.17, 15) is 0 Å². The molecule has 2 heterocycles. The predicted molar refractivity (Wildman–Crippen MR) is 93.9 cm³/mol. The van der Waals surface area contributed by atoms with Crippen LogP contribution in [0.3, 0.4) is 0 Å². The number of benzene rings is 1. The van der Waals surface area contributed by atoms with Crippen LogP contribution >= 0.6 is 0 Å². The Kier molecular flexibility index (Phi) is 5.55. The minimum Gasteiger partial charge on any atom is -0.493 e. The molecule has 1 aromatic heterocycles. The normalized spacial score (nSPS) is 16.2. The minimum atomic E-state index is 0.623.